The standard InChI is InChI=1S/C18H19N3O2/c1-14-3-9-17(10-4-14)23-12-2-11-20-18(22)21-16-7-5-15(13-19)6-8-16/h3-10H,2,11-12H2,1H3,(H2,20,21,22). The second-order valence-corrected chi connectivity index (χ2v) is 5.09. The highest BCUT2D eigenvalue weighted by Gasteiger charge is 2.01. The van der Waals surface area contributed by atoms with Crippen LogP contribution < -0.4 is 15.4 Å². The summed E-state index contributed by atoms with van der Waals surface area (Å²) in [5, 5.41) is 14.2. The van der Waals surface area contributed by atoms with Crippen molar-refractivity contribution in [2.45, 2.75) is 13.3 Å². The molecule has 5 nitrogen and oxygen atoms in total. The van der Waals surface area contributed by atoms with Crippen LogP contribution in [0.3, 0.4) is 0 Å². The van der Waals surface area contributed by atoms with Gasteiger partial charge in [-0.05, 0) is 49.7 Å². The zero-order valence-electron chi connectivity index (χ0n) is 13.0. The molecule has 2 aromatic rings. The maximum absolute atomic E-state index is 11.7. The number of urea groups is 1. The van der Waals surface area contributed by atoms with Crippen molar-refractivity contribution in [3.8, 4) is 11.8 Å². The highest BCUT2D eigenvalue weighted by molar-refractivity contribution is 5.89. The summed E-state index contributed by atoms with van der Waals surface area (Å²) in [7, 11) is 0. The quantitative estimate of drug-likeness (QED) is 0.803. The van der Waals surface area contributed by atoms with Crippen molar-refractivity contribution < 1.29 is 9.53 Å². The van der Waals surface area contributed by atoms with E-state index in [0.717, 1.165) is 5.75 Å². The van der Waals surface area contributed by atoms with E-state index in [1.807, 2.05) is 37.3 Å². The Hall–Kier alpha value is -3.00. The van der Waals surface area contributed by atoms with Crippen LogP contribution in [0.5, 0.6) is 5.75 Å². The number of anilines is 1. The van der Waals surface area contributed by atoms with E-state index in [-0.39, 0.29) is 6.03 Å². The molecule has 0 aliphatic carbocycles. The third-order valence-electron chi connectivity index (χ3n) is 3.17. The first-order chi connectivity index (χ1) is 11.2. The predicted octanol–water partition coefficient (Wildman–Crippen LogP) is 3.46. The normalized spacial score (nSPS) is 9.74. The number of hydrogen-bond acceptors (Lipinski definition) is 3. The molecule has 2 rings (SSSR count). The lowest BCUT2D eigenvalue weighted by Crippen LogP contribution is -2.30. The second-order valence-electron chi connectivity index (χ2n) is 5.09. The Morgan fingerprint density at radius 1 is 1.13 bits per heavy atom. The summed E-state index contributed by atoms with van der Waals surface area (Å²) in [5.41, 5.74) is 2.40. The molecule has 2 amide bonds. The number of nitrogens with zero attached hydrogens (tertiary/aromatic N) is 1. The Morgan fingerprint density at radius 3 is 2.48 bits per heavy atom. The molecule has 0 atom stereocenters. The van der Waals surface area contributed by atoms with Gasteiger partial charge in [0.25, 0.3) is 0 Å². The minimum absolute atomic E-state index is 0.273. The van der Waals surface area contributed by atoms with Gasteiger partial charge < -0.3 is 15.4 Å². The van der Waals surface area contributed by atoms with Gasteiger partial charge in [-0.15, -0.1) is 0 Å². The van der Waals surface area contributed by atoms with Crippen molar-refractivity contribution in [1.82, 2.24) is 5.32 Å². The van der Waals surface area contributed by atoms with Gasteiger partial charge in [0.1, 0.15) is 5.75 Å². The highest BCUT2D eigenvalue weighted by atomic mass is 16.5. The Kier molecular flexibility index (Phi) is 6.01. The predicted molar refractivity (Wildman–Crippen MR) is 89.5 cm³/mol. The van der Waals surface area contributed by atoms with Gasteiger partial charge in [-0.1, -0.05) is 17.7 Å². The fourth-order valence-corrected chi connectivity index (χ4v) is 1.90. The van der Waals surface area contributed by atoms with Crippen LogP contribution in [0.2, 0.25) is 0 Å². The molecule has 0 aromatic heterocycles. The molecule has 2 aromatic carbocycles. The van der Waals surface area contributed by atoms with Crippen LogP contribution in [0.4, 0.5) is 10.5 Å². The molecule has 5 heteroatoms. The van der Waals surface area contributed by atoms with E-state index >= 15 is 0 Å². The minimum atomic E-state index is -0.273. The Bertz CT molecular complexity index is 673. The zero-order valence-corrected chi connectivity index (χ0v) is 13.0. The van der Waals surface area contributed by atoms with Crippen molar-refractivity contribution in [1.29, 1.82) is 5.26 Å². The van der Waals surface area contributed by atoms with Gasteiger partial charge in [0.15, 0.2) is 0 Å². The van der Waals surface area contributed by atoms with Crippen molar-refractivity contribution in [2.75, 3.05) is 18.5 Å². The summed E-state index contributed by atoms with van der Waals surface area (Å²) < 4.78 is 5.58. The molecule has 118 valence electrons. The molecule has 0 radical (unpaired) electrons. The molecule has 0 spiro atoms. The van der Waals surface area contributed by atoms with Gasteiger partial charge >= 0.3 is 6.03 Å². The Labute approximate surface area is 135 Å². The number of aryl methyl sites for hydroxylation is 1. The molecular weight excluding hydrogens is 290 g/mol. The number of rotatable bonds is 6. The third kappa shape index (κ3) is 5.71. The maximum atomic E-state index is 11.7. The van der Waals surface area contributed by atoms with Crippen molar-refractivity contribution in [3.05, 3.63) is 59.7 Å². The zero-order chi connectivity index (χ0) is 16.5. The van der Waals surface area contributed by atoms with E-state index in [1.165, 1.54) is 5.56 Å². The average Bonchev–Trinajstić information content (AvgIpc) is 2.57. The van der Waals surface area contributed by atoms with Gasteiger partial charge in [0.05, 0.1) is 18.2 Å². The van der Waals surface area contributed by atoms with Crippen LogP contribution in [-0.2, 0) is 0 Å². The molecule has 23 heavy (non-hydrogen) atoms. The van der Waals surface area contributed by atoms with E-state index < -0.39 is 0 Å². The largest absolute Gasteiger partial charge is 0.494 e. The number of nitriles is 1. The Balaban J connectivity index is 1.62. The molecule has 0 aliphatic heterocycles. The lowest BCUT2D eigenvalue weighted by atomic mass is 10.2. The molecule has 0 heterocycles. The first-order valence-electron chi connectivity index (χ1n) is 7.42. The third-order valence-corrected chi connectivity index (χ3v) is 3.17. The number of amides is 2. The number of carbonyl (C=O) groups excluding carboxylic acids is 1. The monoisotopic (exact) mass is 309 g/mol. The van der Waals surface area contributed by atoms with Gasteiger partial charge in [-0.25, -0.2) is 4.79 Å². The Morgan fingerprint density at radius 2 is 1.83 bits per heavy atom. The maximum Gasteiger partial charge on any atom is 0.319 e. The summed E-state index contributed by atoms with van der Waals surface area (Å²) in [6.45, 7) is 3.09. The minimum Gasteiger partial charge on any atom is -0.494 e. The van der Waals surface area contributed by atoms with Crippen LogP contribution in [0.15, 0.2) is 48.5 Å². The average molecular weight is 309 g/mol. The number of ether oxygens (including phenoxy) is 1. The fourth-order valence-electron chi connectivity index (χ4n) is 1.90. The van der Waals surface area contributed by atoms with Crippen molar-refractivity contribution >= 4 is 11.7 Å². The van der Waals surface area contributed by atoms with Gasteiger partial charge in [0, 0.05) is 12.2 Å². The number of hydrogen-bond donors (Lipinski definition) is 2. The molecule has 2 N–H and O–H groups in total. The second kappa shape index (κ2) is 8.44. The summed E-state index contributed by atoms with van der Waals surface area (Å²) >= 11 is 0. The molecular formula is C18H19N3O2. The molecule has 0 unspecified atom stereocenters. The lowest BCUT2D eigenvalue weighted by Gasteiger charge is -2.09. The summed E-state index contributed by atoms with van der Waals surface area (Å²) in [4.78, 5) is 11.7. The van der Waals surface area contributed by atoms with Gasteiger partial charge in [-0.3, -0.25) is 0 Å². The molecule has 0 bridgehead atoms. The smallest absolute Gasteiger partial charge is 0.319 e. The highest BCUT2D eigenvalue weighted by Crippen LogP contribution is 2.11. The number of nitrogens with one attached hydrogen (secondary N) is 2. The van der Waals surface area contributed by atoms with E-state index in [0.29, 0.717) is 30.8 Å². The van der Waals surface area contributed by atoms with E-state index in [9.17, 15) is 4.79 Å². The molecule has 0 fully saturated rings. The molecule has 0 saturated carbocycles. The van der Waals surface area contributed by atoms with Gasteiger partial charge in [0.2, 0.25) is 0 Å². The van der Waals surface area contributed by atoms with Crippen LogP contribution >= 0.6 is 0 Å². The van der Waals surface area contributed by atoms with E-state index in [2.05, 4.69) is 10.6 Å². The van der Waals surface area contributed by atoms with Crippen LogP contribution in [-0.4, -0.2) is 19.2 Å². The van der Waals surface area contributed by atoms with Gasteiger partial charge in [-0.2, -0.15) is 5.26 Å². The van der Waals surface area contributed by atoms with E-state index in [4.69, 9.17) is 10.00 Å². The van der Waals surface area contributed by atoms with Crippen LogP contribution in [0.25, 0.3) is 0 Å². The molecule has 0 aliphatic rings. The van der Waals surface area contributed by atoms with Crippen LogP contribution in [0, 0.1) is 18.3 Å². The summed E-state index contributed by atoms with van der Waals surface area (Å²) in [6, 6.07) is 16.3. The summed E-state index contributed by atoms with van der Waals surface area (Å²) in [6.07, 6.45) is 0.717. The lowest BCUT2D eigenvalue weighted by molar-refractivity contribution is 0.250. The van der Waals surface area contributed by atoms with Crippen molar-refractivity contribution in [3.63, 3.8) is 0 Å². The van der Waals surface area contributed by atoms with Crippen LogP contribution in [0.1, 0.15) is 17.5 Å². The molecule has 0 saturated heterocycles. The first-order valence-corrected chi connectivity index (χ1v) is 7.42. The summed E-state index contributed by atoms with van der Waals surface area (Å²) in [5.74, 6) is 0.831. The first kappa shape index (κ1) is 16.4. The SMILES string of the molecule is Cc1ccc(OCCCNC(=O)Nc2ccc(C#N)cc2)cc1. The number of benzene rings is 2. The number of carbonyl (C=O) groups is 1. The van der Waals surface area contributed by atoms with E-state index in [1.54, 1.807) is 24.3 Å². The topological polar surface area (TPSA) is 74.2 Å². The van der Waals surface area contributed by atoms with Crippen molar-refractivity contribution in [2.24, 2.45) is 0 Å². The fraction of sp³-hybridized carbons (Fsp3) is 0.222.